The molecule has 0 saturated heterocycles. The fourth-order valence-electron chi connectivity index (χ4n) is 2.60. The predicted octanol–water partition coefficient (Wildman–Crippen LogP) is 3.71. The maximum atomic E-state index is 12.5. The lowest BCUT2D eigenvalue weighted by Crippen LogP contribution is -2.13. The van der Waals surface area contributed by atoms with Crippen LogP contribution in [0.15, 0.2) is 59.5 Å². The molecule has 3 aromatic rings. The Morgan fingerprint density at radius 3 is 2.36 bits per heavy atom. The van der Waals surface area contributed by atoms with Gasteiger partial charge in [-0.05, 0) is 61.0 Å². The van der Waals surface area contributed by atoms with Gasteiger partial charge < -0.3 is 16.2 Å². The highest BCUT2D eigenvalue weighted by atomic mass is 32.2. The summed E-state index contributed by atoms with van der Waals surface area (Å²) in [6.07, 6.45) is 0.573. The molecule has 0 saturated carbocycles. The molecule has 0 spiro atoms. The minimum absolute atomic E-state index is 0.150. The first-order valence-corrected chi connectivity index (χ1v) is 11.1. The SMILES string of the molecule is CC(O)c1ccc(-c2ccc(N)c(NC(=O)c3ccc(S(C)(=O)=O)cc3)c2)s1. The number of hydrogen-bond donors (Lipinski definition) is 3. The van der Waals surface area contributed by atoms with Crippen LogP contribution >= 0.6 is 11.3 Å². The molecule has 0 aliphatic heterocycles. The molecule has 6 nitrogen and oxygen atoms in total. The number of anilines is 2. The van der Waals surface area contributed by atoms with Crippen molar-refractivity contribution < 1.29 is 18.3 Å². The van der Waals surface area contributed by atoms with E-state index in [9.17, 15) is 18.3 Å². The molecule has 4 N–H and O–H groups in total. The Morgan fingerprint density at radius 1 is 1.11 bits per heavy atom. The zero-order valence-corrected chi connectivity index (χ0v) is 17.0. The Kier molecular flexibility index (Phi) is 5.55. The number of rotatable bonds is 5. The minimum Gasteiger partial charge on any atom is -0.397 e. The van der Waals surface area contributed by atoms with Crippen molar-refractivity contribution in [1.82, 2.24) is 0 Å². The zero-order valence-electron chi connectivity index (χ0n) is 15.3. The molecule has 1 aromatic heterocycles. The van der Waals surface area contributed by atoms with E-state index >= 15 is 0 Å². The van der Waals surface area contributed by atoms with Crippen LogP contribution in [-0.4, -0.2) is 25.7 Å². The van der Waals surface area contributed by atoms with Gasteiger partial charge in [0, 0.05) is 21.6 Å². The first-order chi connectivity index (χ1) is 13.1. The van der Waals surface area contributed by atoms with Gasteiger partial charge in [-0.3, -0.25) is 4.79 Å². The number of aliphatic hydroxyl groups excluding tert-OH is 1. The van der Waals surface area contributed by atoms with E-state index in [2.05, 4.69) is 5.32 Å². The van der Waals surface area contributed by atoms with Gasteiger partial charge in [0.05, 0.1) is 22.4 Å². The molecule has 1 heterocycles. The predicted molar refractivity (Wildman–Crippen MR) is 112 cm³/mol. The summed E-state index contributed by atoms with van der Waals surface area (Å²) in [6.45, 7) is 1.71. The van der Waals surface area contributed by atoms with Gasteiger partial charge in [-0.25, -0.2) is 8.42 Å². The molecular weight excluding hydrogens is 396 g/mol. The number of amides is 1. The van der Waals surface area contributed by atoms with Crippen molar-refractivity contribution in [3.63, 3.8) is 0 Å². The van der Waals surface area contributed by atoms with Crippen molar-refractivity contribution >= 4 is 38.5 Å². The number of nitrogens with two attached hydrogens (primary N) is 1. The quantitative estimate of drug-likeness (QED) is 0.549. The second kappa shape index (κ2) is 7.75. The zero-order chi connectivity index (χ0) is 20.5. The van der Waals surface area contributed by atoms with E-state index in [4.69, 9.17) is 5.73 Å². The summed E-state index contributed by atoms with van der Waals surface area (Å²) in [5, 5.41) is 12.5. The van der Waals surface area contributed by atoms with Gasteiger partial charge in [-0.1, -0.05) is 6.07 Å². The van der Waals surface area contributed by atoms with Crippen LogP contribution in [0.1, 0.15) is 28.3 Å². The Labute approximate surface area is 167 Å². The number of nitrogens with one attached hydrogen (secondary N) is 1. The molecule has 0 radical (unpaired) electrons. The minimum atomic E-state index is -3.32. The maximum absolute atomic E-state index is 12.5. The second-order valence-corrected chi connectivity index (χ2v) is 9.56. The molecule has 1 amide bonds. The van der Waals surface area contributed by atoms with E-state index in [0.717, 1.165) is 21.6 Å². The Bertz CT molecular complexity index is 1120. The van der Waals surface area contributed by atoms with E-state index in [1.165, 1.54) is 35.6 Å². The van der Waals surface area contributed by atoms with E-state index < -0.39 is 15.9 Å². The highest BCUT2D eigenvalue weighted by molar-refractivity contribution is 7.90. The summed E-state index contributed by atoms with van der Waals surface area (Å²) in [7, 11) is -3.32. The van der Waals surface area contributed by atoms with Gasteiger partial charge >= 0.3 is 0 Å². The summed E-state index contributed by atoms with van der Waals surface area (Å²) < 4.78 is 23.1. The van der Waals surface area contributed by atoms with Crippen molar-refractivity contribution in [1.29, 1.82) is 0 Å². The monoisotopic (exact) mass is 416 g/mol. The van der Waals surface area contributed by atoms with Crippen LogP contribution in [0, 0.1) is 0 Å². The largest absolute Gasteiger partial charge is 0.397 e. The van der Waals surface area contributed by atoms with Gasteiger partial charge in [-0.15, -0.1) is 11.3 Å². The molecule has 0 aliphatic carbocycles. The van der Waals surface area contributed by atoms with Gasteiger partial charge in [0.1, 0.15) is 0 Å². The van der Waals surface area contributed by atoms with Crippen molar-refractivity contribution in [3.05, 3.63) is 65.0 Å². The summed E-state index contributed by atoms with van der Waals surface area (Å²) in [6, 6.07) is 14.8. The van der Waals surface area contributed by atoms with E-state index in [1.807, 2.05) is 18.2 Å². The van der Waals surface area contributed by atoms with E-state index in [1.54, 1.807) is 19.1 Å². The summed E-state index contributed by atoms with van der Waals surface area (Å²) in [4.78, 5) is 14.5. The molecule has 2 aromatic carbocycles. The van der Waals surface area contributed by atoms with Crippen LogP contribution in [0.4, 0.5) is 11.4 Å². The lowest BCUT2D eigenvalue weighted by molar-refractivity contribution is 0.102. The number of nitrogen functional groups attached to an aromatic ring is 1. The molecule has 0 fully saturated rings. The van der Waals surface area contributed by atoms with Crippen molar-refractivity contribution in [2.45, 2.75) is 17.9 Å². The van der Waals surface area contributed by atoms with Crippen LogP contribution in [-0.2, 0) is 9.84 Å². The summed E-state index contributed by atoms with van der Waals surface area (Å²) in [5.74, 6) is -0.389. The number of aliphatic hydroxyl groups is 1. The molecule has 0 bridgehead atoms. The average Bonchev–Trinajstić information content (AvgIpc) is 3.13. The highest BCUT2D eigenvalue weighted by Crippen LogP contribution is 2.34. The number of carbonyl (C=O) groups is 1. The molecule has 1 unspecified atom stereocenters. The molecule has 8 heteroatoms. The number of thiophene rings is 1. The van der Waals surface area contributed by atoms with Gasteiger partial charge in [0.2, 0.25) is 0 Å². The third-order valence-electron chi connectivity index (χ3n) is 4.17. The highest BCUT2D eigenvalue weighted by Gasteiger charge is 2.13. The van der Waals surface area contributed by atoms with Crippen molar-refractivity contribution in [2.75, 3.05) is 17.3 Å². The Hall–Kier alpha value is -2.68. The lowest BCUT2D eigenvalue weighted by atomic mass is 10.1. The molecule has 0 aliphatic rings. The molecule has 146 valence electrons. The van der Waals surface area contributed by atoms with E-state index in [0.29, 0.717) is 16.9 Å². The van der Waals surface area contributed by atoms with E-state index in [-0.39, 0.29) is 10.8 Å². The van der Waals surface area contributed by atoms with Crippen LogP contribution in [0.25, 0.3) is 10.4 Å². The number of benzene rings is 2. The summed E-state index contributed by atoms with van der Waals surface area (Å²) in [5.41, 5.74) is 8.06. The Morgan fingerprint density at radius 2 is 1.79 bits per heavy atom. The fraction of sp³-hybridized carbons (Fsp3) is 0.150. The van der Waals surface area contributed by atoms with Gasteiger partial charge in [0.25, 0.3) is 5.91 Å². The molecule has 3 rings (SSSR count). The lowest BCUT2D eigenvalue weighted by Gasteiger charge is -2.10. The van der Waals surface area contributed by atoms with Crippen molar-refractivity contribution in [2.24, 2.45) is 0 Å². The smallest absolute Gasteiger partial charge is 0.255 e. The third kappa shape index (κ3) is 4.41. The summed E-state index contributed by atoms with van der Waals surface area (Å²) >= 11 is 1.47. The average molecular weight is 417 g/mol. The standard InChI is InChI=1S/C20H20N2O4S2/c1-12(23)18-9-10-19(27-18)14-5-8-16(21)17(11-14)22-20(24)13-3-6-15(7-4-13)28(2,25)26/h3-12,23H,21H2,1-2H3,(H,22,24). The normalized spacial score (nSPS) is 12.5. The fourth-order valence-corrected chi connectivity index (χ4v) is 4.17. The maximum Gasteiger partial charge on any atom is 0.255 e. The molecule has 1 atom stereocenters. The van der Waals surface area contributed by atoms with Crippen LogP contribution < -0.4 is 11.1 Å². The van der Waals surface area contributed by atoms with Crippen LogP contribution in [0.2, 0.25) is 0 Å². The van der Waals surface area contributed by atoms with Crippen LogP contribution in [0.5, 0.6) is 0 Å². The van der Waals surface area contributed by atoms with Crippen LogP contribution in [0.3, 0.4) is 0 Å². The third-order valence-corrected chi connectivity index (χ3v) is 6.60. The topological polar surface area (TPSA) is 109 Å². The first-order valence-electron chi connectivity index (χ1n) is 8.44. The number of sulfone groups is 1. The first kappa shape index (κ1) is 20.1. The molecular formula is C20H20N2O4S2. The van der Waals surface area contributed by atoms with Gasteiger partial charge in [0.15, 0.2) is 9.84 Å². The van der Waals surface area contributed by atoms with Crippen molar-refractivity contribution in [3.8, 4) is 10.4 Å². The van der Waals surface area contributed by atoms with Gasteiger partial charge in [-0.2, -0.15) is 0 Å². The number of carbonyl (C=O) groups excluding carboxylic acids is 1. The molecule has 28 heavy (non-hydrogen) atoms. The second-order valence-electron chi connectivity index (χ2n) is 6.43. The Balaban J connectivity index is 1.84. The number of hydrogen-bond acceptors (Lipinski definition) is 6.